The Labute approximate surface area is 188 Å². The molecule has 1 N–H and O–H groups in total. The number of nitrogens with one attached hydrogen (secondary N) is 1. The summed E-state index contributed by atoms with van der Waals surface area (Å²) in [6.07, 6.45) is 1.87. The van der Waals surface area contributed by atoms with E-state index < -0.39 is 0 Å². The summed E-state index contributed by atoms with van der Waals surface area (Å²) in [5, 5.41) is 13.6. The number of urea groups is 1. The lowest BCUT2D eigenvalue weighted by molar-refractivity contribution is 0.208. The van der Waals surface area contributed by atoms with Crippen LogP contribution in [0.5, 0.6) is 11.5 Å². The molecule has 0 atom stereocenters. The topological polar surface area (TPSA) is 79.8 Å². The van der Waals surface area contributed by atoms with Crippen LogP contribution in [0.2, 0.25) is 0 Å². The molecule has 1 aliphatic heterocycles. The molecule has 0 spiro atoms. The summed E-state index contributed by atoms with van der Waals surface area (Å²) in [4.78, 5) is 16.7. The standard InChI is InChI=1S/C24H29N5O3/c1-16(2)32-20-7-5-19(6-8-20)26-24(30)29-11-9-28(10-12-29)23-21-13-17(3)22(31-4)14-18(21)15-25-27-23/h5-8,13-16H,9-12H2,1-4H3,(H,26,30). The molecule has 0 unspecified atom stereocenters. The zero-order valence-electron chi connectivity index (χ0n) is 19.0. The van der Waals surface area contributed by atoms with Gasteiger partial charge in [-0.05, 0) is 62.7 Å². The number of anilines is 2. The summed E-state index contributed by atoms with van der Waals surface area (Å²) in [5.41, 5.74) is 1.80. The molecule has 0 saturated carbocycles. The van der Waals surface area contributed by atoms with Crippen LogP contribution in [0, 0.1) is 6.92 Å². The smallest absolute Gasteiger partial charge is 0.321 e. The number of hydrogen-bond donors (Lipinski definition) is 1. The van der Waals surface area contributed by atoms with Crippen LogP contribution in [-0.4, -0.2) is 60.5 Å². The summed E-state index contributed by atoms with van der Waals surface area (Å²) in [6.45, 7) is 8.57. The molecule has 1 aromatic heterocycles. The van der Waals surface area contributed by atoms with Gasteiger partial charge in [0, 0.05) is 42.6 Å². The summed E-state index contributed by atoms with van der Waals surface area (Å²) in [7, 11) is 1.67. The highest BCUT2D eigenvalue weighted by Gasteiger charge is 2.23. The Balaban J connectivity index is 1.40. The second-order valence-corrected chi connectivity index (χ2v) is 8.17. The Kier molecular flexibility index (Phi) is 6.30. The van der Waals surface area contributed by atoms with Crippen molar-refractivity contribution in [3.05, 3.63) is 48.2 Å². The van der Waals surface area contributed by atoms with E-state index >= 15 is 0 Å². The first-order valence-corrected chi connectivity index (χ1v) is 10.8. The number of carbonyl (C=O) groups excluding carboxylic acids is 1. The number of nitrogens with zero attached hydrogens (tertiary/aromatic N) is 4. The number of ether oxygens (including phenoxy) is 2. The third-order valence-corrected chi connectivity index (χ3v) is 5.50. The number of piperazine rings is 1. The molecule has 1 fully saturated rings. The van der Waals surface area contributed by atoms with Gasteiger partial charge in [-0.2, -0.15) is 5.10 Å². The molecule has 2 amide bonds. The van der Waals surface area contributed by atoms with Gasteiger partial charge in [-0.25, -0.2) is 4.79 Å². The van der Waals surface area contributed by atoms with Gasteiger partial charge in [-0.15, -0.1) is 5.10 Å². The molecule has 168 valence electrons. The van der Waals surface area contributed by atoms with E-state index in [0.717, 1.165) is 39.3 Å². The van der Waals surface area contributed by atoms with Gasteiger partial charge in [-0.1, -0.05) is 0 Å². The van der Waals surface area contributed by atoms with Gasteiger partial charge >= 0.3 is 6.03 Å². The molecule has 2 aromatic carbocycles. The number of rotatable bonds is 5. The first-order chi connectivity index (χ1) is 15.4. The van der Waals surface area contributed by atoms with Gasteiger partial charge in [0.05, 0.1) is 19.4 Å². The third kappa shape index (κ3) is 4.69. The van der Waals surface area contributed by atoms with Crippen molar-refractivity contribution in [1.82, 2.24) is 15.1 Å². The van der Waals surface area contributed by atoms with Crippen LogP contribution >= 0.6 is 0 Å². The number of carbonyl (C=O) groups is 1. The van der Waals surface area contributed by atoms with Crippen LogP contribution in [-0.2, 0) is 0 Å². The van der Waals surface area contributed by atoms with E-state index in [1.807, 2.05) is 56.0 Å². The minimum atomic E-state index is -0.105. The molecule has 1 aliphatic rings. The van der Waals surface area contributed by atoms with Gasteiger partial charge in [-0.3, -0.25) is 0 Å². The van der Waals surface area contributed by atoms with E-state index in [0.29, 0.717) is 26.2 Å². The first kappa shape index (κ1) is 21.7. The summed E-state index contributed by atoms with van der Waals surface area (Å²) in [5.74, 6) is 2.46. The van der Waals surface area contributed by atoms with Crippen molar-refractivity contribution in [3.63, 3.8) is 0 Å². The maximum Gasteiger partial charge on any atom is 0.321 e. The van der Waals surface area contributed by atoms with Crippen molar-refractivity contribution in [2.75, 3.05) is 43.5 Å². The maximum absolute atomic E-state index is 12.7. The summed E-state index contributed by atoms with van der Waals surface area (Å²) in [6, 6.07) is 11.4. The van der Waals surface area contributed by atoms with Crippen molar-refractivity contribution in [2.45, 2.75) is 26.9 Å². The average molecular weight is 436 g/mol. The molecule has 3 aromatic rings. The van der Waals surface area contributed by atoms with E-state index in [2.05, 4.69) is 26.5 Å². The van der Waals surface area contributed by atoms with Gasteiger partial charge in [0.25, 0.3) is 0 Å². The molecule has 2 heterocycles. The molecule has 1 saturated heterocycles. The van der Waals surface area contributed by atoms with Crippen LogP contribution in [0.15, 0.2) is 42.6 Å². The van der Waals surface area contributed by atoms with Crippen molar-refractivity contribution in [1.29, 1.82) is 0 Å². The Morgan fingerprint density at radius 2 is 1.81 bits per heavy atom. The minimum absolute atomic E-state index is 0.105. The Hall–Kier alpha value is -3.55. The molecule has 8 heteroatoms. The molecule has 0 bridgehead atoms. The van der Waals surface area contributed by atoms with E-state index in [4.69, 9.17) is 9.47 Å². The Bertz CT molecular complexity index is 1090. The van der Waals surface area contributed by atoms with E-state index in [-0.39, 0.29) is 12.1 Å². The zero-order chi connectivity index (χ0) is 22.7. The van der Waals surface area contributed by atoms with Crippen LogP contribution < -0.4 is 19.7 Å². The van der Waals surface area contributed by atoms with Gasteiger partial charge < -0.3 is 24.6 Å². The Morgan fingerprint density at radius 3 is 2.47 bits per heavy atom. The van der Waals surface area contributed by atoms with E-state index in [9.17, 15) is 4.79 Å². The quantitative estimate of drug-likeness (QED) is 0.650. The maximum atomic E-state index is 12.7. The first-order valence-electron chi connectivity index (χ1n) is 10.8. The lowest BCUT2D eigenvalue weighted by Gasteiger charge is -2.35. The Morgan fingerprint density at radius 1 is 1.09 bits per heavy atom. The number of fused-ring (bicyclic) bond motifs is 1. The van der Waals surface area contributed by atoms with Crippen molar-refractivity contribution in [2.24, 2.45) is 0 Å². The fourth-order valence-electron chi connectivity index (χ4n) is 3.87. The molecule has 32 heavy (non-hydrogen) atoms. The van der Waals surface area contributed by atoms with Crippen LogP contribution in [0.4, 0.5) is 16.3 Å². The number of aryl methyl sites for hydroxylation is 1. The second-order valence-electron chi connectivity index (χ2n) is 8.17. The molecule has 4 rings (SSSR count). The third-order valence-electron chi connectivity index (χ3n) is 5.50. The molecule has 0 radical (unpaired) electrons. The predicted octanol–water partition coefficient (Wildman–Crippen LogP) is 4.09. The lowest BCUT2D eigenvalue weighted by Crippen LogP contribution is -2.50. The summed E-state index contributed by atoms with van der Waals surface area (Å²) < 4.78 is 11.1. The zero-order valence-corrected chi connectivity index (χ0v) is 19.0. The van der Waals surface area contributed by atoms with E-state index in [1.54, 1.807) is 13.3 Å². The van der Waals surface area contributed by atoms with Crippen molar-refractivity contribution < 1.29 is 14.3 Å². The number of aromatic nitrogens is 2. The molecular weight excluding hydrogens is 406 g/mol. The number of methoxy groups -OCH3 is 1. The van der Waals surface area contributed by atoms with E-state index in [1.165, 1.54) is 0 Å². The van der Waals surface area contributed by atoms with Crippen LogP contribution in [0.3, 0.4) is 0 Å². The largest absolute Gasteiger partial charge is 0.496 e. The molecular formula is C24H29N5O3. The highest BCUT2D eigenvalue weighted by atomic mass is 16.5. The molecule has 8 nitrogen and oxygen atoms in total. The monoisotopic (exact) mass is 435 g/mol. The van der Waals surface area contributed by atoms with Crippen LogP contribution in [0.1, 0.15) is 19.4 Å². The van der Waals surface area contributed by atoms with Crippen LogP contribution in [0.25, 0.3) is 10.8 Å². The van der Waals surface area contributed by atoms with Crippen molar-refractivity contribution in [3.8, 4) is 11.5 Å². The van der Waals surface area contributed by atoms with Crippen molar-refractivity contribution >= 4 is 28.3 Å². The molecule has 0 aliphatic carbocycles. The highest BCUT2D eigenvalue weighted by Crippen LogP contribution is 2.30. The highest BCUT2D eigenvalue weighted by molar-refractivity contribution is 5.93. The SMILES string of the molecule is COc1cc2cnnc(N3CCN(C(=O)Nc4ccc(OC(C)C)cc4)CC3)c2cc1C. The average Bonchev–Trinajstić information content (AvgIpc) is 2.79. The second kappa shape index (κ2) is 9.30. The van der Waals surface area contributed by atoms with Gasteiger partial charge in [0.15, 0.2) is 5.82 Å². The minimum Gasteiger partial charge on any atom is -0.496 e. The van der Waals surface area contributed by atoms with Gasteiger partial charge in [0.1, 0.15) is 11.5 Å². The predicted molar refractivity (Wildman–Crippen MR) is 126 cm³/mol. The fraction of sp³-hybridized carbons (Fsp3) is 0.375. The number of benzene rings is 2. The summed E-state index contributed by atoms with van der Waals surface area (Å²) >= 11 is 0. The van der Waals surface area contributed by atoms with Gasteiger partial charge in [0.2, 0.25) is 0 Å². The lowest BCUT2D eigenvalue weighted by atomic mass is 10.1. The number of amides is 2. The number of hydrogen-bond acceptors (Lipinski definition) is 6. The fourth-order valence-corrected chi connectivity index (χ4v) is 3.87. The normalized spacial score (nSPS) is 14.0.